The van der Waals surface area contributed by atoms with E-state index in [2.05, 4.69) is 5.32 Å². The third kappa shape index (κ3) is 3.24. The Balaban J connectivity index is 2.10. The average Bonchev–Trinajstić information content (AvgIpc) is 2.39. The quantitative estimate of drug-likeness (QED) is 0.902. The molecule has 2 N–H and O–H groups in total. The van der Waals surface area contributed by atoms with E-state index in [1.54, 1.807) is 0 Å². The first-order valence-corrected chi connectivity index (χ1v) is 7.69. The van der Waals surface area contributed by atoms with Crippen LogP contribution in [0.3, 0.4) is 0 Å². The standard InChI is InChI=1S/C12H15F3N2O2S/c13-12(14,15)20(16,18)11-3-1-9(2-4-11)19-10-5-7-17-8-6-10/h1-4,10,16-17H,5-8H2. The van der Waals surface area contributed by atoms with Crippen molar-refractivity contribution in [1.82, 2.24) is 5.32 Å². The van der Waals surface area contributed by atoms with Crippen LogP contribution in [0.15, 0.2) is 29.2 Å². The lowest BCUT2D eigenvalue weighted by Crippen LogP contribution is -2.34. The van der Waals surface area contributed by atoms with E-state index < -0.39 is 20.1 Å². The molecule has 0 amide bonds. The smallest absolute Gasteiger partial charge is 0.483 e. The number of benzene rings is 1. The van der Waals surface area contributed by atoms with Gasteiger partial charge in [-0.3, -0.25) is 0 Å². The second-order valence-corrected chi connectivity index (χ2v) is 6.59. The zero-order chi connectivity index (χ0) is 14.8. The van der Waals surface area contributed by atoms with Crippen molar-refractivity contribution in [2.75, 3.05) is 13.1 Å². The molecule has 0 radical (unpaired) electrons. The van der Waals surface area contributed by atoms with Crippen LogP contribution in [0.4, 0.5) is 13.2 Å². The molecule has 0 spiro atoms. The molecule has 0 bridgehead atoms. The van der Waals surface area contributed by atoms with Crippen molar-refractivity contribution in [3.63, 3.8) is 0 Å². The highest BCUT2D eigenvalue weighted by molar-refractivity contribution is 7.93. The van der Waals surface area contributed by atoms with E-state index in [1.807, 2.05) is 0 Å². The Kier molecular flexibility index (Phi) is 4.24. The fourth-order valence-corrected chi connectivity index (χ4v) is 2.74. The van der Waals surface area contributed by atoms with E-state index >= 15 is 0 Å². The van der Waals surface area contributed by atoms with Crippen LogP contribution < -0.4 is 10.1 Å². The van der Waals surface area contributed by atoms with Gasteiger partial charge >= 0.3 is 5.51 Å². The normalized spacial score (nSPS) is 20.4. The number of alkyl halides is 3. The van der Waals surface area contributed by atoms with Gasteiger partial charge in [0.1, 0.15) is 11.9 Å². The topological polar surface area (TPSA) is 62.2 Å². The average molecular weight is 308 g/mol. The molecule has 20 heavy (non-hydrogen) atoms. The van der Waals surface area contributed by atoms with Crippen LogP contribution in [0.25, 0.3) is 0 Å². The molecule has 1 aromatic carbocycles. The van der Waals surface area contributed by atoms with Crippen molar-refractivity contribution in [2.24, 2.45) is 0 Å². The molecule has 0 saturated carbocycles. The van der Waals surface area contributed by atoms with E-state index in [0.717, 1.165) is 38.1 Å². The lowest BCUT2D eigenvalue weighted by molar-refractivity contribution is -0.0406. The molecule has 1 fully saturated rings. The molecule has 2 rings (SSSR count). The first-order chi connectivity index (χ1) is 9.30. The summed E-state index contributed by atoms with van der Waals surface area (Å²) < 4.78 is 61.5. The molecule has 1 heterocycles. The highest BCUT2D eigenvalue weighted by Crippen LogP contribution is 2.31. The van der Waals surface area contributed by atoms with Gasteiger partial charge in [-0.15, -0.1) is 0 Å². The van der Waals surface area contributed by atoms with Gasteiger partial charge in [-0.05, 0) is 50.2 Å². The molecular weight excluding hydrogens is 293 g/mol. The Bertz CT molecular complexity index is 549. The van der Waals surface area contributed by atoms with Crippen LogP contribution in [0.2, 0.25) is 0 Å². The molecule has 1 unspecified atom stereocenters. The fraction of sp³-hybridized carbons (Fsp3) is 0.500. The van der Waals surface area contributed by atoms with E-state index in [1.165, 1.54) is 12.1 Å². The summed E-state index contributed by atoms with van der Waals surface area (Å²) in [7, 11) is -4.79. The zero-order valence-corrected chi connectivity index (χ0v) is 11.4. The lowest BCUT2D eigenvalue weighted by atomic mass is 10.1. The summed E-state index contributed by atoms with van der Waals surface area (Å²) >= 11 is 0. The molecule has 8 heteroatoms. The van der Waals surface area contributed by atoms with Crippen molar-refractivity contribution in [2.45, 2.75) is 29.3 Å². The number of rotatable bonds is 3. The van der Waals surface area contributed by atoms with Gasteiger partial charge in [0.05, 0.1) is 4.90 Å². The third-order valence-electron chi connectivity index (χ3n) is 3.07. The van der Waals surface area contributed by atoms with E-state index in [0.29, 0.717) is 5.75 Å². The molecule has 1 aliphatic rings. The highest BCUT2D eigenvalue weighted by atomic mass is 32.2. The summed E-state index contributed by atoms with van der Waals surface area (Å²) in [5.74, 6) is 0.429. The van der Waals surface area contributed by atoms with Crippen molar-refractivity contribution >= 4 is 9.73 Å². The Morgan fingerprint density at radius 2 is 1.75 bits per heavy atom. The largest absolute Gasteiger partial charge is 0.490 e. The molecule has 1 atom stereocenters. The number of nitrogens with one attached hydrogen (secondary N) is 2. The minimum absolute atomic E-state index is 0.0325. The SMILES string of the molecule is N=S(=O)(c1ccc(OC2CCNCC2)cc1)C(F)(F)F. The molecule has 1 aromatic rings. The van der Waals surface area contributed by atoms with Gasteiger partial charge in [0, 0.05) is 0 Å². The van der Waals surface area contributed by atoms with Crippen molar-refractivity contribution < 1.29 is 22.1 Å². The molecule has 0 aliphatic carbocycles. The zero-order valence-electron chi connectivity index (χ0n) is 10.6. The number of hydrogen-bond donors (Lipinski definition) is 2. The summed E-state index contributed by atoms with van der Waals surface area (Å²) in [5, 5.41) is 3.18. The summed E-state index contributed by atoms with van der Waals surface area (Å²) in [6, 6.07) is 4.74. The molecule has 112 valence electrons. The van der Waals surface area contributed by atoms with Crippen LogP contribution in [0.5, 0.6) is 5.75 Å². The maximum Gasteiger partial charge on any atom is 0.483 e. The van der Waals surface area contributed by atoms with Gasteiger partial charge in [0.25, 0.3) is 0 Å². The Morgan fingerprint density at radius 1 is 1.20 bits per heavy atom. The van der Waals surface area contributed by atoms with Crippen LogP contribution in [-0.2, 0) is 9.73 Å². The van der Waals surface area contributed by atoms with E-state index in [4.69, 9.17) is 9.52 Å². The van der Waals surface area contributed by atoms with Crippen LogP contribution in [0.1, 0.15) is 12.8 Å². The van der Waals surface area contributed by atoms with Crippen LogP contribution in [0, 0.1) is 4.78 Å². The van der Waals surface area contributed by atoms with Crippen molar-refractivity contribution in [1.29, 1.82) is 4.78 Å². The molecule has 0 aromatic heterocycles. The second-order valence-electron chi connectivity index (χ2n) is 4.54. The Hall–Kier alpha value is -1.28. The summed E-state index contributed by atoms with van der Waals surface area (Å²) in [6.45, 7) is 1.69. The molecule has 1 aliphatic heterocycles. The first kappa shape index (κ1) is 15.1. The molecular formula is C12H15F3N2O2S. The minimum Gasteiger partial charge on any atom is -0.490 e. The van der Waals surface area contributed by atoms with Gasteiger partial charge in [-0.25, -0.2) is 8.99 Å². The monoisotopic (exact) mass is 308 g/mol. The van der Waals surface area contributed by atoms with Crippen molar-refractivity contribution in [3.8, 4) is 5.75 Å². The van der Waals surface area contributed by atoms with Crippen LogP contribution in [-0.4, -0.2) is 28.9 Å². The first-order valence-electron chi connectivity index (χ1n) is 6.13. The van der Waals surface area contributed by atoms with E-state index in [9.17, 15) is 17.4 Å². The summed E-state index contributed by atoms with van der Waals surface area (Å²) in [5.41, 5.74) is -5.07. The number of halogens is 3. The predicted molar refractivity (Wildman–Crippen MR) is 68.1 cm³/mol. The number of ether oxygens (including phenoxy) is 1. The Labute approximate surface area is 115 Å². The predicted octanol–water partition coefficient (Wildman–Crippen LogP) is 2.74. The van der Waals surface area contributed by atoms with E-state index in [-0.39, 0.29) is 6.10 Å². The lowest BCUT2D eigenvalue weighted by Gasteiger charge is -2.24. The molecule has 1 saturated heterocycles. The van der Waals surface area contributed by atoms with Gasteiger partial charge in [-0.1, -0.05) is 0 Å². The summed E-state index contributed by atoms with van der Waals surface area (Å²) in [4.78, 5) is -0.553. The van der Waals surface area contributed by atoms with Gasteiger partial charge < -0.3 is 10.1 Å². The Morgan fingerprint density at radius 3 is 2.25 bits per heavy atom. The van der Waals surface area contributed by atoms with Gasteiger partial charge in [0.15, 0.2) is 9.73 Å². The maximum atomic E-state index is 12.5. The number of hydrogen-bond acceptors (Lipinski definition) is 4. The van der Waals surface area contributed by atoms with Crippen LogP contribution >= 0.6 is 0 Å². The highest BCUT2D eigenvalue weighted by Gasteiger charge is 2.43. The van der Waals surface area contributed by atoms with Crippen molar-refractivity contribution in [3.05, 3.63) is 24.3 Å². The van der Waals surface area contributed by atoms with Gasteiger partial charge in [-0.2, -0.15) is 13.2 Å². The second kappa shape index (κ2) is 5.61. The van der Waals surface area contributed by atoms with Gasteiger partial charge in [0.2, 0.25) is 0 Å². The molecule has 4 nitrogen and oxygen atoms in total. The number of piperidine rings is 1. The maximum absolute atomic E-state index is 12.5. The summed E-state index contributed by atoms with van der Waals surface area (Å²) in [6.07, 6.45) is 1.70. The minimum atomic E-state index is -5.07. The third-order valence-corrected chi connectivity index (χ3v) is 4.66. The fourth-order valence-electron chi connectivity index (χ4n) is 1.95.